The molecule has 0 saturated carbocycles. The zero-order valence-electron chi connectivity index (χ0n) is 17.8. The summed E-state index contributed by atoms with van der Waals surface area (Å²) in [5, 5.41) is 3.18. The second-order valence-electron chi connectivity index (χ2n) is 8.31. The van der Waals surface area contributed by atoms with Crippen LogP contribution in [0.25, 0.3) is 0 Å². The van der Waals surface area contributed by atoms with Crippen LogP contribution in [0, 0.1) is 0 Å². The molecule has 2 saturated heterocycles. The molecule has 0 unspecified atom stereocenters. The Morgan fingerprint density at radius 3 is 2.63 bits per heavy atom. The standard InChI is InChI=1S/C21H30N6O3/c1-14(28)25-11-8-15-16(12-25)23-21(24-20(15)22-2)17-6-3-4-10-27(17)19(30)13-26-9-5-7-18(26)29/h17H,3-13H2,1-2H3,(H,22,23,24)/t17-/m1/s1. The van der Waals surface area contributed by atoms with E-state index < -0.39 is 0 Å². The van der Waals surface area contributed by atoms with Crippen molar-refractivity contribution in [3.63, 3.8) is 0 Å². The Bertz CT molecular complexity index is 857. The summed E-state index contributed by atoms with van der Waals surface area (Å²) in [5.41, 5.74) is 1.91. The average Bonchev–Trinajstić information content (AvgIpc) is 3.16. The summed E-state index contributed by atoms with van der Waals surface area (Å²) in [6.45, 7) is 4.16. The summed E-state index contributed by atoms with van der Waals surface area (Å²) in [5.74, 6) is 1.48. The van der Waals surface area contributed by atoms with Crippen LogP contribution in [-0.4, -0.2) is 75.6 Å². The molecule has 0 bridgehead atoms. The van der Waals surface area contributed by atoms with Crippen molar-refractivity contribution in [2.24, 2.45) is 0 Å². The molecule has 0 aliphatic carbocycles. The smallest absolute Gasteiger partial charge is 0.242 e. The van der Waals surface area contributed by atoms with Gasteiger partial charge in [-0.3, -0.25) is 14.4 Å². The molecule has 2 fully saturated rings. The minimum atomic E-state index is -0.200. The molecule has 0 aromatic carbocycles. The molecular formula is C21H30N6O3. The molecule has 1 aromatic heterocycles. The first kappa shape index (κ1) is 20.6. The molecule has 3 aliphatic rings. The Balaban J connectivity index is 1.60. The van der Waals surface area contributed by atoms with Crippen molar-refractivity contribution >= 4 is 23.5 Å². The molecule has 1 atom stereocenters. The number of likely N-dealkylation sites (tertiary alicyclic amines) is 2. The maximum atomic E-state index is 13.1. The van der Waals surface area contributed by atoms with E-state index in [1.165, 1.54) is 0 Å². The fourth-order valence-electron chi connectivity index (χ4n) is 4.70. The molecule has 4 heterocycles. The highest BCUT2D eigenvalue weighted by molar-refractivity contribution is 5.86. The van der Waals surface area contributed by atoms with Crippen LogP contribution in [-0.2, 0) is 27.3 Å². The van der Waals surface area contributed by atoms with E-state index in [4.69, 9.17) is 9.97 Å². The van der Waals surface area contributed by atoms with E-state index in [0.717, 1.165) is 49.2 Å². The van der Waals surface area contributed by atoms with Gasteiger partial charge in [0.1, 0.15) is 5.82 Å². The van der Waals surface area contributed by atoms with Crippen LogP contribution in [0.4, 0.5) is 5.82 Å². The van der Waals surface area contributed by atoms with Crippen molar-refractivity contribution in [2.75, 3.05) is 38.5 Å². The molecule has 3 amide bonds. The van der Waals surface area contributed by atoms with Gasteiger partial charge in [-0.25, -0.2) is 9.97 Å². The van der Waals surface area contributed by atoms with Gasteiger partial charge in [0.25, 0.3) is 0 Å². The third kappa shape index (κ3) is 3.97. The van der Waals surface area contributed by atoms with Gasteiger partial charge in [-0.1, -0.05) is 0 Å². The number of piperidine rings is 1. The van der Waals surface area contributed by atoms with Crippen molar-refractivity contribution in [1.82, 2.24) is 24.7 Å². The van der Waals surface area contributed by atoms with Gasteiger partial charge in [-0.05, 0) is 32.1 Å². The fraction of sp³-hybridized carbons (Fsp3) is 0.667. The van der Waals surface area contributed by atoms with Crippen molar-refractivity contribution < 1.29 is 14.4 Å². The van der Waals surface area contributed by atoms with Crippen molar-refractivity contribution in [1.29, 1.82) is 0 Å². The van der Waals surface area contributed by atoms with Crippen molar-refractivity contribution in [2.45, 2.75) is 58.0 Å². The molecule has 0 spiro atoms. The maximum Gasteiger partial charge on any atom is 0.242 e. The van der Waals surface area contributed by atoms with E-state index in [1.54, 1.807) is 16.7 Å². The average molecular weight is 415 g/mol. The predicted octanol–water partition coefficient (Wildman–Crippen LogP) is 1.10. The lowest BCUT2D eigenvalue weighted by atomic mass is 9.99. The van der Waals surface area contributed by atoms with Gasteiger partial charge in [0, 0.05) is 45.6 Å². The van der Waals surface area contributed by atoms with Crippen molar-refractivity contribution in [3.8, 4) is 0 Å². The first-order chi connectivity index (χ1) is 14.5. The molecule has 1 aromatic rings. The molecular weight excluding hydrogens is 384 g/mol. The number of carbonyl (C=O) groups is 3. The molecule has 9 heteroatoms. The van der Waals surface area contributed by atoms with Crippen LogP contribution in [0.2, 0.25) is 0 Å². The number of hydrogen-bond donors (Lipinski definition) is 1. The van der Waals surface area contributed by atoms with E-state index >= 15 is 0 Å². The Morgan fingerprint density at radius 2 is 1.93 bits per heavy atom. The predicted molar refractivity (Wildman–Crippen MR) is 110 cm³/mol. The van der Waals surface area contributed by atoms with Gasteiger partial charge < -0.3 is 20.0 Å². The number of anilines is 1. The second-order valence-corrected chi connectivity index (χ2v) is 8.31. The highest BCUT2D eigenvalue weighted by Gasteiger charge is 2.34. The lowest BCUT2D eigenvalue weighted by Gasteiger charge is -2.36. The van der Waals surface area contributed by atoms with Gasteiger partial charge in [-0.2, -0.15) is 0 Å². The van der Waals surface area contributed by atoms with Gasteiger partial charge in [0.2, 0.25) is 17.7 Å². The molecule has 162 valence electrons. The highest BCUT2D eigenvalue weighted by atomic mass is 16.2. The summed E-state index contributed by atoms with van der Waals surface area (Å²) in [6.07, 6.45) is 4.82. The van der Waals surface area contributed by atoms with Gasteiger partial charge >= 0.3 is 0 Å². The van der Waals surface area contributed by atoms with Crippen LogP contribution in [0.3, 0.4) is 0 Å². The Morgan fingerprint density at radius 1 is 1.10 bits per heavy atom. The number of aromatic nitrogens is 2. The lowest BCUT2D eigenvalue weighted by Crippen LogP contribution is -2.45. The van der Waals surface area contributed by atoms with Crippen LogP contribution in [0.15, 0.2) is 0 Å². The Hall–Kier alpha value is -2.71. The van der Waals surface area contributed by atoms with Crippen LogP contribution in [0.1, 0.15) is 62.2 Å². The summed E-state index contributed by atoms with van der Waals surface area (Å²) in [7, 11) is 1.84. The monoisotopic (exact) mass is 414 g/mol. The maximum absolute atomic E-state index is 13.1. The summed E-state index contributed by atoms with van der Waals surface area (Å²) >= 11 is 0. The van der Waals surface area contributed by atoms with E-state index in [2.05, 4.69) is 5.32 Å². The minimum absolute atomic E-state index is 0.0346. The van der Waals surface area contributed by atoms with Gasteiger partial charge in [0.05, 0.1) is 24.8 Å². The number of hydrogen-bond acceptors (Lipinski definition) is 6. The zero-order chi connectivity index (χ0) is 21.3. The van der Waals surface area contributed by atoms with E-state index in [-0.39, 0.29) is 30.3 Å². The number of amides is 3. The largest absolute Gasteiger partial charge is 0.373 e. The summed E-state index contributed by atoms with van der Waals surface area (Å²) in [4.78, 5) is 51.8. The Kier molecular flexibility index (Phi) is 5.87. The summed E-state index contributed by atoms with van der Waals surface area (Å²) in [6, 6.07) is -0.200. The fourth-order valence-corrected chi connectivity index (χ4v) is 4.70. The van der Waals surface area contributed by atoms with Crippen molar-refractivity contribution in [3.05, 3.63) is 17.1 Å². The Labute approximate surface area is 176 Å². The molecule has 0 radical (unpaired) electrons. The SMILES string of the molecule is CNc1nc([C@H]2CCCCN2C(=O)CN2CCCC2=O)nc2c1CCN(C(C)=O)C2. The molecule has 4 rings (SSSR count). The van der Waals surface area contributed by atoms with E-state index in [1.807, 2.05) is 11.9 Å². The zero-order valence-corrected chi connectivity index (χ0v) is 17.8. The van der Waals surface area contributed by atoms with Gasteiger partial charge in [0.15, 0.2) is 5.82 Å². The number of nitrogens with zero attached hydrogens (tertiary/aromatic N) is 5. The first-order valence-electron chi connectivity index (χ1n) is 10.9. The quantitative estimate of drug-likeness (QED) is 0.792. The highest BCUT2D eigenvalue weighted by Crippen LogP contribution is 2.32. The third-order valence-electron chi connectivity index (χ3n) is 6.38. The van der Waals surface area contributed by atoms with Crippen LogP contribution >= 0.6 is 0 Å². The number of fused-ring (bicyclic) bond motifs is 1. The molecule has 9 nitrogen and oxygen atoms in total. The van der Waals surface area contributed by atoms with Crippen LogP contribution in [0.5, 0.6) is 0 Å². The normalized spacial score (nSPS) is 21.6. The minimum Gasteiger partial charge on any atom is -0.373 e. The number of nitrogens with one attached hydrogen (secondary N) is 1. The first-order valence-corrected chi connectivity index (χ1v) is 10.9. The second kappa shape index (κ2) is 8.57. The van der Waals surface area contributed by atoms with E-state index in [0.29, 0.717) is 38.4 Å². The summed E-state index contributed by atoms with van der Waals surface area (Å²) < 4.78 is 0. The van der Waals surface area contributed by atoms with Crippen LogP contribution < -0.4 is 5.32 Å². The number of rotatable bonds is 4. The molecule has 3 aliphatic heterocycles. The van der Waals surface area contributed by atoms with Gasteiger partial charge in [-0.15, -0.1) is 0 Å². The molecule has 1 N–H and O–H groups in total. The number of carbonyl (C=O) groups excluding carboxylic acids is 3. The van der Waals surface area contributed by atoms with E-state index in [9.17, 15) is 14.4 Å². The third-order valence-corrected chi connectivity index (χ3v) is 6.38. The molecule has 30 heavy (non-hydrogen) atoms. The topological polar surface area (TPSA) is 98.7 Å². The lowest BCUT2D eigenvalue weighted by molar-refractivity contribution is -0.141.